The summed E-state index contributed by atoms with van der Waals surface area (Å²) in [6, 6.07) is -0.382. The van der Waals surface area contributed by atoms with E-state index in [-0.39, 0.29) is 24.4 Å². The number of hydrogen-bond donors (Lipinski definition) is 3. The van der Waals surface area contributed by atoms with Gasteiger partial charge >= 0.3 is 6.03 Å². The van der Waals surface area contributed by atoms with Crippen LogP contribution in [0.15, 0.2) is 0 Å². The molecule has 1 saturated heterocycles. The Morgan fingerprint density at radius 1 is 1.30 bits per heavy atom. The SMILES string of the molecule is CCNCCNC(=O)CCCN1C(=O)NC(C)(C)C1=O. The van der Waals surface area contributed by atoms with Crippen LogP contribution in [0.2, 0.25) is 0 Å². The van der Waals surface area contributed by atoms with Gasteiger partial charge < -0.3 is 16.0 Å². The van der Waals surface area contributed by atoms with Gasteiger partial charge in [-0.3, -0.25) is 14.5 Å². The Bertz CT molecular complexity index is 382. The van der Waals surface area contributed by atoms with Crippen LogP contribution in [0.3, 0.4) is 0 Å². The molecule has 0 saturated carbocycles. The van der Waals surface area contributed by atoms with Crippen molar-refractivity contribution in [2.75, 3.05) is 26.2 Å². The van der Waals surface area contributed by atoms with Crippen LogP contribution in [0.4, 0.5) is 4.79 Å². The van der Waals surface area contributed by atoms with E-state index in [1.807, 2.05) is 6.92 Å². The fourth-order valence-electron chi connectivity index (χ4n) is 1.97. The number of carbonyl (C=O) groups is 3. The number of amides is 4. The summed E-state index contributed by atoms with van der Waals surface area (Å²) in [7, 11) is 0. The largest absolute Gasteiger partial charge is 0.355 e. The highest BCUT2D eigenvalue weighted by Gasteiger charge is 2.43. The predicted molar refractivity (Wildman–Crippen MR) is 75.1 cm³/mol. The van der Waals surface area contributed by atoms with E-state index < -0.39 is 5.54 Å². The molecule has 0 spiro atoms. The second-order valence-corrected chi connectivity index (χ2v) is 5.32. The number of nitrogens with zero attached hydrogens (tertiary/aromatic N) is 1. The third kappa shape index (κ3) is 4.48. The highest BCUT2D eigenvalue weighted by molar-refractivity contribution is 6.06. The van der Waals surface area contributed by atoms with E-state index >= 15 is 0 Å². The monoisotopic (exact) mass is 284 g/mol. The molecule has 1 aliphatic heterocycles. The van der Waals surface area contributed by atoms with Crippen molar-refractivity contribution in [2.24, 2.45) is 0 Å². The molecule has 1 aliphatic rings. The zero-order valence-corrected chi connectivity index (χ0v) is 12.4. The molecule has 114 valence electrons. The van der Waals surface area contributed by atoms with E-state index in [4.69, 9.17) is 0 Å². The Kier molecular flexibility index (Phi) is 5.94. The molecule has 0 bridgehead atoms. The standard InChI is InChI=1S/C13H24N4O3/c1-4-14-7-8-15-10(18)6-5-9-17-11(19)13(2,3)16-12(17)20/h14H,4-9H2,1-3H3,(H,15,18)(H,16,20). The first-order chi connectivity index (χ1) is 9.38. The van der Waals surface area contributed by atoms with Gasteiger partial charge in [0.1, 0.15) is 5.54 Å². The molecule has 3 N–H and O–H groups in total. The minimum absolute atomic E-state index is 0.0609. The van der Waals surface area contributed by atoms with Gasteiger partial charge in [-0.05, 0) is 26.8 Å². The Hall–Kier alpha value is -1.63. The van der Waals surface area contributed by atoms with Gasteiger partial charge in [0.25, 0.3) is 5.91 Å². The normalized spacial score (nSPS) is 17.2. The van der Waals surface area contributed by atoms with Gasteiger partial charge in [0.05, 0.1) is 0 Å². The Morgan fingerprint density at radius 3 is 2.55 bits per heavy atom. The van der Waals surface area contributed by atoms with E-state index in [0.29, 0.717) is 19.4 Å². The van der Waals surface area contributed by atoms with E-state index in [1.165, 1.54) is 4.90 Å². The van der Waals surface area contributed by atoms with Crippen molar-refractivity contribution in [3.05, 3.63) is 0 Å². The van der Waals surface area contributed by atoms with E-state index in [2.05, 4.69) is 16.0 Å². The first-order valence-electron chi connectivity index (χ1n) is 7.00. The van der Waals surface area contributed by atoms with Gasteiger partial charge in [-0.1, -0.05) is 6.92 Å². The van der Waals surface area contributed by atoms with Gasteiger partial charge in [0.2, 0.25) is 5.91 Å². The summed E-state index contributed by atoms with van der Waals surface area (Å²) >= 11 is 0. The molecule has 0 atom stereocenters. The van der Waals surface area contributed by atoms with Crippen LogP contribution < -0.4 is 16.0 Å². The summed E-state index contributed by atoms with van der Waals surface area (Å²) in [6.07, 6.45) is 0.784. The molecule has 1 rings (SSSR count). The lowest BCUT2D eigenvalue weighted by molar-refractivity contribution is -0.130. The van der Waals surface area contributed by atoms with Gasteiger partial charge in [0.15, 0.2) is 0 Å². The lowest BCUT2D eigenvalue weighted by Crippen LogP contribution is -2.40. The number of nitrogens with one attached hydrogen (secondary N) is 3. The van der Waals surface area contributed by atoms with Crippen LogP contribution in [-0.4, -0.2) is 54.5 Å². The summed E-state index contributed by atoms with van der Waals surface area (Å²) in [4.78, 5) is 36.2. The van der Waals surface area contributed by atoms with E-state index in [0.717, 1.165) is 13.1 Å². The molecular formula is C13H24N4O3. The van der Waals surface area contributed by atoms with Crippen LogP contribution in [0.5, 0.6) is 0 Å². The molecule has 7 nitrogen and oxygen atoms in total. The van der Waals surface area contributed by atoms with Gasteiger partial charge in [0, 0.05) is 26.1 Å². The number of rotatable bonds is 8. The van der Waals surface area contributed by atoms with Crippen LogP contribution in [0.1, 0.15) is 33.6 Å². The molecule has 0 radical (unpaired) electrons. The van der Waals surface area contributed by atoms with Crippen LogP contribution in [0.25, 0.3) is 0 Å². The number of likely N-dealkylation sites (N-methyl/N-ethyl adjacent to an activating group) is 1. The zero-order chi connectivity index (χ0) is 15.2. The summed E-state index contributed by atoms with van der Waals surface area (Å²) in [5.74, 6) is -0.302. The van der Waals surface area contributed by atoms with Crippen molar-refractivity contribution in [3.8, 4) is 0 Å². The molecule has 0 aromatic rings. The molecule has 0 unspecified atom stereocenters. The zero-order valence-electron chi connectivity index (χ0n) is 12.4. The van der Waals surface area contributed by atoms with Crippen molar-refractivity contribution >= 4 is 17.8 Å². The average Bonchev–Trinajstić information content (AvgIpc) is 2.56. The third-order valence-corrected chi connectivity index (χ3v) is 3.10. The van der Waals surface area contributed by atoms with E-state index in [9.17, 15) is 14.4 Å². The number of hydrogen-bond acceptors (Lipinski definition) is 4. The Balaban J connectivity index is 2.22. The highest BCUT2D eigenvalue weighted by Crippen LogP contribution is 2.16. The third-order valence-electron chi connectivity index (χ3n) is 3.10. The number of carbonyl (C=O) groups excluding carboxylic acids is 3. The molecule has 1 heterocycles. The maximum Gasteiger partial charge on any atom is 0.325 e. The van der Waals surface area contributed by atoms with Crippen molar-refractivity contribution < 1.29 is 14.4 Å². The van der Waals surface area contributed by atoms with Gasteiger partial charge in [-0.15, -0.1) is 0 Å². The second kappa shape index (κ2) is 7.23. The summed E-state index contributed by atoms with van der Waals surface area (Å²) in [5, 5.41) is 8.49. The second-order valence-electron chi connectivity index (χ2n) is 5.32. The number of urea groups is 1. The predicted octanol–water partition coefficient (Wildman–Crippen LogP) is -0.177. The highest BCUT2D eigenvalue weighted by atomic mass is 16.2. The molecule has 1 fully saturated rings. The first kappa shape index (κ1) is 16.4. The molecular weight excluding hydrogens is 260 g/mol. The smallest absolute Gasteiger partial charge is 0.325 e. The van der Waals surface area contributed by atoms with Crippen molar-refractivity contribution in [3.63, 3.8) is 0 Å². The topological polar surface area (TPSA) is 90.5 Å². The Labute approximate surface area is 119 Å². The van der Waals surface area contributed by atoms with Crippen molar-refractivity contribution in [2.45, 2.75) is 39.2 Å². The maximum atomic E-state index is 11.9. The fourth-order valence-corrected chi connectivity index (χ4v) is 1.97. The van der Waals surface area contributed by atoms with Gasteiger partial charge in [-0.25, -0.2) is 4.79 Å². The molecule has 7 heteroatoms. The molecule has 4 amide bonds. The van der Waals surface area contributed by atoms with Crippen LogP contribution in [-0.2, 0) is 9.59 Å². The Morgan fingerprint density at radius 2 is 2.00 bits per heavy atom. The fraction of sp³-hybridized carbons (Fsp3) is 0.769. The molecule has 20 heavy (non-hydrogen) atoms. The average molecular weight is 284 g/mol. The van der Waals surface area contributed by atoms with Crippen molar-refractivity contribution in [1.82, 2.24) is 20.9 Å². The first-order valence-corrected chi connectivity index (χ1v) is 7.00. The molecule has 0 aliphatic carbocycles. The minimum atomic E-state index is -0.842. The quantitative estimate of drug-likeness (QED) is 0.426. The maximum absolute atomic E-state index is 11.9. The van der Waals surface area contributed by atoms with Crippen LogP contribution >= 0.6 is 0 Å². The summed E-state index contributed by atoms with van der Waals surface area (Å²) in [6.45, 7) is 7.81. The summed E-state index contributed by atoms with van der Waals surface area (Å²) in [5.41, 5.74) is -0.842. The van der Waals surface area contributed by atoms with E-state index in [1.54, 1.807) is 13.8 Å². The van der Waals surface area contributed by atoms with Crippen molar-refractivity contribution in [1.29, 1.82) is 0 Å². The lowest BCUT2D eigenvalue weighted by Gasteiger charge is -2.15. The lowest BCUT2D eigenvalue weighted by atomic mass is 10.1. The molecule has 0 aromatic carbocycles. The molecule has 0 aromatic heterocycles. The summed E-state index contributed by atoms with van der Waals surface area (Å²) < 4.78 is 0. The number of imide groups is 1. The van der Waals surface area contributed by atoms with Crippen LogP contribution in [0, 0.1) is 0 Å². The van der Waals surface area contributed by atoms with Gasteiger partial charge in [-0.2, -0.15) is 0 Å². The minimum Gasteiger partial charge on any atom is -0.355 e.